The molecule has 2 aliphatic rings. The third kappa shape index (κ3) is 4.06. The van der Waals surface area contributed by atoms with Crippen LogP contribution in [0.5, 0.6) is 5.88 Å². The highest BCUT2D eigenvalue weighted by molar-refractivity contribution is 5.38. The van der Waals surface area contributed by atoms with E-state index in [4.69, 9.17) is 4.74 Å². The molecule has 1 saturated carbocycles. The largest absolute Gasteiger partial charge is 0.481 e. The molecule has 1 aliphatic carbocycles. The van der Waals surface area contributed by atoms with E-state index >= 15 is 0 Å². The molecule has 2 fully saturated rings. The van der Waals surface area contributed by atoms with Crippen molar-refractivity contribution in [2.24, 2.45) is 5.92 Å². The zero-order chi connectivity index (χ0) is 14.5. The molecule has 5 heteroatoms. The van der Waals surface area contributed by atoms with Gasteiger partial charge in [0.2, 0.25) is 5.88 Å². The summed E-state index contributed by atoms with van der Waals surface area (Å²) in [5.74, 6) is 2.41. The summed E-state index contributed by atoms with van der Waals surface area (Å²) < 4.78 is 5.14. The first kappa shape index (κ1) is 14.6. The second-order valence-corrected chi connectivity index (χ2v) is 6.34. The number of nitrogens with zero attached hydrogens (tertiary/aromatic N) is 3. The fraction of sp³-hybridized carbons (Fsp3) is 0.750. The molecular formula is C16H26N4O. The number of likely N-dealkylation sites (tertiary alicyclic amines) is 1. The van der Waals surface area contributed by atoms with Crippen molar-refractivity contribution in [2.75, 3.05) is 32.1 Å². The Morgan fingerprint density at radius 3 is 2.90 bits per heavy atom. The summed E-state index contributed by atoms with van der Waals surface area (Å²) in [7, 11) is 1.63. The molecule has 116 valence electrons. The molecule has 2 heterocycles. The van der Waals surface area contributed by atoms with Crippen molar-refractivity contribution in [3.63, 3.8) is 0 Å². The second-order valence-electron chi connectivity index (χ2n) is 6.34. The van der Waals surface area contributed by atoms with Gasteiger partial charge < -0.3 is 15.0 Å². The Hall–Kier alpha value is -1.36. The van der Waals surface area contributed by atoms with Gasteiger partial charge in [-0.3, -0.25) is 0 Å². The van der Waals surface area contributed by atoms with Crippen LogP contribution in [0, 0.1) is 5.92 Å². The van der Waals surface area contributed by atoms with Crippen molar-refractivity contribution >= 4 is 5.82 Å². The summed E-state index contributed by atoms with van der Waals surface area (Å²) in [4.78, 5) is 10.9. The molecule has 1 unspecified atom stereocenters. The van der Waals surface area contributed by atoms with Crippen molar-refractivity contribution in [3.8, 4) is 5.88 Å². The number of methoxy groups -OCH3 is 1. The minimum Gasteiger partial charge on any atom is -0.481 e. The highest BCUT2D eigenvalue weighted by Crippen LogP contribution is 2.26. The number of nitrogens with one attached hydrogen (secondary N) is 1. The van der Waals surface area contributed by atoms with Crippen LogP contribution in [0.1, 0.15) is 38.5 Å². The van der Waals surface area contributed by atoms with Gasteiger partial charge in [-0.2, -0.15) is 0 Å². The van der Waals surface area contributed by atoms with E-state index in [0.29, 0.717) is 11.9 Å². The van der Waals surface area contributed by atoms with Crippen LogP contribution in [0.25, 0.3) is 0 Å². The minimum absolute atomic E-state index is 0.494. The fourth-order valence-electron chi connectivity index (χ4n) is 3.59. The van der Waals surface area contributed by atoms with E-state index < -0.39 is 0 Å². The number of anilines is 1. The van der Waals surface area contributed by atoms with Gasteiger partial charge in [0, 0.05) is 31.7 Å². The van der Waals surface area contributed by atoms with Crippen molar-refractivity contribution in [1.82, 2.24) is 14.9 Å². The molecule has 0 aromatic carbocycles. The molecule has 0 bridgehead atoms. The van der Waals surface area contributed by atoms with E-state index in [9.17, 15) is 0 Å². The predicted octanol–water partition coefficient (Wildman–Crippen LogP) is 2.55. The van der Waals surface area contributed by atoms with Gasteiger partial charge in [0.25, 0.3) is 0 Å². The molecule has 1 N–H and O–H groups in total. The van der Waals surface area contributed by atoms with E-state index in [1.807, 2.05) is 6.07 Å². The molecule has 1 aromatic heterocycles. The maximum atomic E-state index is 5.14. The molecule has 0 spiro atoms. The van der Waals surface area contributed by atoms with E-state index in [1.54, 1.807) is 13.4 Å². The summed E-state index contributed by atoms with van der Waals surface area (Å²) in [5, 5.41) is 3.51. The van der Waals surface area contributed by atoms with Gasteiger partial charge in [-0.05, 0) is 25.2 Å². The third-order valence-corrected chi connectivity index (χ3v) is 4.72. The Balaban J connectivity index is 1.47. The molecule has 3 rings (SSSR count). The standard InChI is InChI=1S/C16H26N4O/c1-21-16-9-15(17-12-18-16)19-14-7-8-20(11-14)10-13-5-3-2-4-6-13/h9,12-14H,2-8,10-11H2,1H3,(H,17,18,19). The molecule has 1 aliphatic heterocycles. The molecule has 21 heavy (non-hydrogen) atoms. The van der Waals surface area contributed by atoms with Gasteiger partial charge in [0.15, 0.2) is 0 Å². The van der Waals surface area contributed by atoms with Crippen LogP contribution >= 0.6 is 0 Å². The minimum atomic E-state index is 0.494. The average molecular weight is 290 g/mol. The number of hydrogen-bond donors (Lipinski definition) is 1. The zero-order valence-electron chi connectivity index (χ0n) is 12.9. The first-order valence-electron chi connectivity index (χ1n) is 8.18. The fourth-order valence-corrected chi connectivity index (χ4v) is 3.59. The van der Waals surface area contributed by atoms with Crippen LogP contribution in [0.3, 0.4) is 0 Å². The van der Waals surface area contributed by atoms with Gasteiger partial charge >= 0.3 is 0 Å². The highest BCUT2D eigenvalue weighted by Gasteiger charge is 2.25. The van der Waals surface area contributed by atoms with Gasteiger partial charge in [-0.25, -0.2) is 9.97 Å². The van der Waals surface area contributed by atoms with Crippen LogP contribution in [0.2, 0.25) is 0 Å². The van der Waals surface area contributed by atoms with Crippen molar-refractivity contribution in [2.45, 2.75) is 44.6 Å². The summed E-state index contributed by atoms with van der Waals surface area (Å²) in [6.45, 7) is 3.62. The quantitative estimate of drug-likeness (QED) is 0.903. The molecule has 1 atom stereocenters. The van der Waals surface area contributed by atoms with Crippen LogP contribution in [0.15, 0.2) is 12.4 Å². The first-order valence-corrected chi connectivity index (χ1v) is 8.18. The Kier molecular flexibility index (Phi) is 4.91. The smallest absolute Gasteiger partial charge is 0.218 e. The van der Waals surface area contributed by atoms with Gasteiger partial charge in [0.1, 0.15) is 12.1 Å². The number of hydrogen-bond acceptors (Lipinski definition) is 5. The van der Waals surface area contributed by atoms with Crippen LogP contribution in [-0.4, -0.2) is 47.7 Å². The summed E-state index contributed by atoms with van der Waals surface area (Å²) in [6, 6.07) is 2.36. The average Bonchev–Trinajstić information content (AvgIpc) is 2.95. The number of rotatable bonds is 5. The van der Waals surface area contributed by atoms with Crippen LogP contribution in [-0.2, 0) is 0 Å². The van der Waals surface area contributed by atoms with Gasteiger partial charge in [-0.15, -0.1) is 0 Å². The summed E-state index contributed by atoms with van der Waals surface area (Å²) in [5.41, 5.74) is 0. The Bertz CT molecular complexity index is 448. The maximum absolute atomic E-state index is 5.14. The molecule has 1 saturated heterocycles. The van der Waals surface area contributed by atoms with Crippen molar-refractivity contribution < 1.29 is 4.74 Å². The topological polar surface area (TPSA) is 50.3 Å². The lowest BCUT2D eigenvalue weighted by Crippen LogP contribution is -2.31. The zero-order valence-corrected chi connectivity index (χ0v) is 12.9. The van der Waals surface area contributed by atoms with Gasteiger partial charge in [0.05, 0.1) is 7.11 Å². The molecule has 0 amide bonds. The van der Waals surface area contributed by atoms with E-state index in [2.05, 4.69) is 20.2 Å². The van der Waals surface area contributed by atoms with Gasteiger partial charge in [-0.1, -0.05) is 19.3 Å². The van der Waals surface area contributed by atoms with E-state index in [-0.39, 0.29) is 0 Å². The number of aromatic nitrogens is 2. The summed E-state index contributed by atoms with van der Waals surface area (Å²) >= 11 is 0. The van der Waals surface area contributed by atoms with Crippen LogP contribution in [0.4, 0.5) is 5.82 Å². The Labute approximate surface area is 127 Å². The first-order chi connectivity index (χ1) is 10.3. The van der Waals surface area contributed by atoms with Crippen molar-refractivity contribution in [3.05, 3.63) is 12.4 Å². The second kappa shape index (κ2) is 7.07. The monoisotopic (exact) mass is 290 g/mol. The maximum Gasteiger partial charge on any atom is 0.218 e. The lowest BCUT2D eigenvalue weighted by atomic mass is 9.89. The highest BCUT2D eigenvalue weighted by atomic mass is 16.5. The van der Waals surface area contributed by atoms with Crippen LogP contribution < -0.4 is 10.1 Å². The number of ether oxygens (including phenoxy) is 1. The lowest BCUT2D eigenvalue weighted by molar-refractivity contribution is 0.233. The predicted molar refractivity (Wildman–Crippen MR) is 83.6 cm³/mol. The molecular weight excluding hydrogens is 264 g/mol. The normalized spacial score (nSPS) is 24.1. The summed E-state index contributed by atoms with van der Waals surface area (Å²) in [6.07, 6.45) is 9.91. The lowest BCUT2D eigenvalue weighted by Gasteiger charge is -2.26. The van der Waals surface area contributed by atoms with E-state index in [1.165, 1.54) is 51.6 Å². The molecule has 1 aromatic rings. The Morgan fingerprint density at radius 2 is 2.10 bits per heavy atom. The SMILES string of the molecule is COc1cc(NC2CCN(CC3CCCCC3)C2)ncn1. The molecule has 5 nitrogen and oxygen atoms in total. The van der Waals surface area contributed by atoms with E-state index in [0.717, 1.165) is 18.3 Å². The Morgan fingerprint density at radius 1 is 1.24 bits per heavy atom. The van der Waals surface area contributed by atoms with Crippen molar-refractivity contribution in [1.29, 1.82) is 0 Å². The molecule has 0 radical (unpaired) electrons. The third-order valence-electron chi connectivity index (χ3n) is 4.72.